The van der Waals surface area contributed by atoms with E-state index in [2.05, 4.69) is 0 Å². The zero-order valence-corrected chi connectivity index (χ0v) is 17.1. The molecule has 31 heavy (non-hydrogen) atoms. The summed E-state index contributed by atoms with van der Waals surface area (Å²) in [4.78, 5) is 54.6. The molecule has 0 N–H and O–H groups in total. The van der Waals surface area contributed by atoms with Crippen molar-refractivity contribution in [1.82, 2.24) is 9.80 Å². The maximum Gasteiger partial charge on any atom is 0.332 e. The summed E-state index contributed by atoms with van der Waals surface area (Å²) in [6, 6.07) is 11.0. The summed E-state index contributed by atoms with van der Waals surface area (Å²) in [5.41, 5.74) is 1.57. The molecule has 2 aromatic rings. The topological polar surface area (TPSA) is 104 Å². The van der Waals surface area contributed by atoms with Crippen molar-refractivity contribution < 1.29 is 19.3 Å². The number of benzene rings is 2. The van der Waals surface area contributed by atoms with E-state index in [4.69, 9.17) is 0 Å². The average molecular weight is 420 g/mol. The second-order valence-corrected chi connectivity index (χ2v) is 8.27. The van der Waals surface area contributed by atoms with E-state index in [-0.39, 0.29) is 12.1 Å². The molecule has 3 heterocycles. The molecule has 1 atom stereocenters. The second-order valence-electron chi connectivity index (χ2n) is 8.27. The molecule has 9 nitrogen and oxygen atoms in total. The van der Waals surface area contributed by atoms with Gasteiger partial charge in [0, 0.05) is 44.9 Å². The van der Waals surface area contributed by atoms with Crippen LogP contribution in [0.4, 0.5) is 16.2 Å². The number of nitro benzene ring substituents is 1. The number of rotatable bonds is 1. The van der Waals surface area contributed by atoms with Crippen LogP contribution in [0.1, 0.15) is 22.7 Å². The lowest BCUT2D eigenvalue weighted by atomic mass is 9.64. The first-order valence-electron chi connectivity index (χ1n) is 9.99. The minimum absolute atomic E-state index is 0.0147. The Morgan fingerprint density at radius 3 is 2.35 bits per heavy atom. The van der Waals surface area contributed by atoms with E-state index in [1.807, 2.05) is 29.2 Å². The van der Waals surface area contributed by atoms with Crippen molar-refractivity contribution in [1.29, 1.82) is 0 Å². The molecule has 0 saturated carbocycles. The molecule has 0 bridgehead atoms. The van der Waals surface area contributed by atoms with Crippen molar-refractivity contribution in [3.63, 3.8) is 0 Å². The van der Waals surface area contributed by atoms with Gasteiger partial charge in [-0.15, -0.1) is 0 Å². The van der Waals surface area contributed by atoms with Gasteiger partial charge in [-0.25, -0.2) is 4.79 Å². The smallest absolute Gasteiger partial charge is 0.332 e. The van der Waals surface area contributed by atoms with E-state index in [0.717, 1.165) is 26.6 Å². The molecule has 158 valence electrons. The van der Waals surface area contributed by atoms with Gasteiger partial charge in [-0.2, -0.15) is 0 Å². The molecule has 0 radical (unpaired) electrons. The number of carbonyl (C=O) groups excluding carboxylic acids is 3. The highest BCUT2D eigenvalue weighted by molar-refractivity contribution is 6.20. The van der Waals surface area contributed by atoms with Crippen LogP contribution in [0, 0.1) is 15.5 Å². The standard InChI is InChI=1S/C22H20N4O5/c1-23-19(27)22(20(28)24(2)21(23)29)12-14-11-15(26(30)31)7-8-17(14)25-10-9-13-5-3-4-6-16(13)18(22)25/h3-8,11,18H,9-10,12H2,1-2H3/t18-/m1/s1. The van der Waals surface area contributed by atoms with Gasteiger partial charge in [-0.05, 0) is 29.2 Å². The number of non-ortho nitro benzene ring substituents is 1. The Hall–Kier alpha value is -3.75. The molecule has 4 amide bonds. The Kier molecular flexibility index (Phi) is 3.95. The van der Waals surface area contributed by atoms with Crippen molar-refractivity contribution in [3.05, 3.63) is 69.3 Å². The Balaban J connectivity index is 1.80. The van der Waals surface area contributed by atoms with E-state index < -0.39 is 34.2 Å². The zero-order chi connectivity index (χ0) is 22.1. The third-order valence-electron chi connectivity index (χ3n) is 6.75. The molecule has 0 aliphatic carbocycles. The van der Waals surface area contributed by atoms with E-state index in [1.165, 1.54) is 26.2 Å². The molecule has 1 saturated heterocycles. The van der Waals surface area contributed by atoms with Crippen LogP contribution in [0.25, 0.3) is 0 Å². The fourth-order valence-corrected chi connectivity index (χ4v) is 5.34. The van der Waals surface area contributed by atoms with Crippen molar-refractivity contribution in [2.75, 3.05) is 25.5 Å². The highest BCUT2D eigenvalue weighted by Crippen LogP contribution is 2.54. The van der Waals surface area contributed by atoms with Gasteiger partial charge < -0.3 is 4.90 Å². The molecule has 0 aromatic heterocycles. The maximum atomic E-state index is 13.7. The Bertz CT molecular complexity index is 1150. The van der Waals surface area contributed by atoms with E-state index in [9.17, 15) is 24.5 Å². The fraction of sp³-hybridized carbons (Fsp3) is 0.318. The quantitative estimate of drug-likeness (QED) is 0.398. The van der Waals surface area contributed by atoms with Crippen LogP contribution in [-0.2, 0) is 22.4 Å². The highest BCUT2D eigenvalue weighted by atomic mass is 16.6. The second kappa shape index (κ2) is 6.37. The molecular formula is C22H20N4O5. The molecule has 0 unspecified atom stereocenters. The molecule has 3 aliphatic heterocycles. The Labute approximate surface area is 178 Å². The van der Waals surface area contributed by atoms with Crippen molar-refractivity contribution in [3.8, 4) is 0 Å². The van der Waals surface area contributed by atoms with Crippen molar-refractivity contribution >= 4 is 29.2 Å². The Morgan fingerprint density at radius 1 is 1.00 bits per heavy atom. The van der Waals surface area contributed by atoms with Gasteiger partial charge >= 0.3 is 6.03 Å². The number of barbiturate groups is 1. The van der Waals surface area contributed by atoms with E-state index in [1.54, 1.807) is 6.07 Å². The van der Waals surface area contributed by atoms with Crippen LogP contribution in [0.3, 0.4) is 0 Å². The number of nitro groups is 1. The van der Waals surface area contributed by atoms with E-state index in [0.29, 0.717) is 18.5 Å². The van der Waals surface area contributed by atoms with Crippen molar-refractivity contribution in [2.45, 2.75) is 18.9 Å². The van der Waals surface area contributed by atoms with Crippen LogP contribution >= 0.6 is 0 Å². The van der Waals surface area contributed by atoms with Gasteiger partial charge in [0.05, 0.1) is 11.0 Å². The number of carbonyl (C=O) groups is 3. The Morgan fingerprint density at radius 2 is 1.68 bits per heavy atom. The summed E-state index contributed by atoms with van der Waals surface area (Å²) in [7, 11) is 2.74. The summed E-state index contributed by atoms with van der Waals surface area (Å²) >= 11 is 0. The molecule has 1 fully saturated rings. The van der Waals surface area contributed by atoms with Gasteiger partial charge in [0.1, 0.15) is 0 Å². The van der Waals surface area contributed by atoms with Crippen LogP contribution in [0.15, 0.2) is 42.5 Å². The van der Waals surface area contributed by atoms with Gasteiger partial charge in [-0.1, -0.05) is 24.3 Å². The number of hydrogen-bond acceptors (Lipinski definition) is 6. The average Bonchev–Trinajstić information content (AvgIpc) is 2.79. The first-order valence-corrected chi connectivity index (χ1v) is 9.99. The number of amides is 4. The number of hydrogen-bond donors (Lipinski definition) is 0. The van der Waals surface area contributed by atoms with Gasteiger partial charge in [0.2, 0.25) is 11.8 Å². The predicted molar refractivity (Wildman–Crippen MR) is 110 cm³/mol. The summed E-state index contributed by atoms with van der Waals surface area (Å²) in [5, 5.41) is 11.4. The van der Waals surface area contributed by atoms with Gasteiger partial charge in [0.15, 0.2) is 5.41 Å². The molecule has 3 aliphatic rings. The zero-order valence-electron chi connectivity index (χ0n) is 17.1. The van der Waals surface area contributed by atoms with Crippen molar-refractivity contribution in [2.24, 2.45) is 5.41 Å². The summed E-state index contributed by atoms with van der Waals surface area (Å²) in [5.74, 6) is -1.16. The molecule has 1 spiro atoms. The SMILES string of the molecule is CN1C(=O)N(C)C(=O)C2(Cc3cc([N+](=O)[O-])ccc3N3CCc4ccccc4[C@@H]32)C1=O. The van der Waals surface area contributed by atoms with Crippen LogP contribution in [0.5, 0.6) is 0 Å². The third-order valence-corrected chi connectivity index (χ3v) is 6.75. The monoisotopic (exact) mass is 420 g/mol. The number of urea groups is 1. The maximum absolute atomic E-state index is 13.7. The minimum Gasteiger partial charge on any atom is -0.362 e. The lowest BCUT2D eigenvalue weighted by Crippen LogP contribution is -2.69. The highest BCUT2D eigenvalue weighted by Gasteiger charge is 2.64. The lowest BCUT2D eigenvalue weighted by Gasteiger charge is -2.54. The van der Waals surface area contributed by atoms with Crippen LogP contribution in [0.2, 0.25) is 0 Å². The molecule has 2 aromatic carbocycles. The summed E-state index contributed by atoms with van der Waals surface area (Å²) < 4.78 is 0. The molecular weight excluding hydrogens is 400 g/mol. The number of anilines is 1. The van der Waals surface area contributed by atoms with Crippen LogP contribution < -0.4 is 4.90 Å². The molecule has 9 heteroatoms. The van der Waals surface area contributed by atoms with Crippen LogP contribution in [-0.4, -0.2) is 53.2 Å². The number of fused-ring (bicyclic) bond motifs is 6. The predicted octanol–water partition coefficient (Wildman–Crippen LogP) is 2.29. The summed E-state index contributed by atoms with van der Waals surface area (Å²) in [6.45, 7) is 0.552. The normalized spacial score (nSPS) is 21.7. The first kappa shape index (κ1) is 19.2. The van der Waals surface area contributed by atoms with Gasteiger partial charge in [-0.3, -0.25) is 29.5 Å². The fourth-order valence-electron chi connectivity index (χ4n) is 5.34. The number of nitrogens with zero attached hydrogens (tertiary/aromatic N) is 4. The first-order chi connectivity index (χ1) is 14.8. The lowest BCUT2D eigenvalue weighted by molar-refractivity contribution is -0.384. The molecule has 5 rings (SSSR count). The number of imide groups is 2. The van der Waals surface area contributed by atoms with E-state index >= 15 is 0 Å². The largest absolute Gasteiger partial charge is 0.362 e. The third kappa shape index (κ3) is 2.40. The van der Waals surface area contributed by atoms with Gasteiger partial charge in [0.25, 0.3) is 5.69 Å². The minimum atomic E-state index is -1.59. The summed E-state index contributed by atoms with van der Waals surface area (Å²) in [6.07, 6.45) is 0.700.